The van der Waals surface area contributed by atoms with Gasteiger partial charge in [0.15, 0.2) is 5.03 Å². The van der Waals surface area contributed by atoms with Gasteiger partial charge in [-0.25, -0.2) is 4.98 Å². The summed E-state index contributed by atoms with van der Waals surface area (Å²) in [6.07, 6.45) is 5.65. The Balaban J connectivity index is 1.90. The zero-order valence-corrected chi connectivity index (χ0v) is 10.6. The fraction of sp³-hybridized carbons (Fsp3) is 0.231. The molecular weight excluding hydrogens is 246 g/mol. The second-order valence-electron chi connectivity index (χ2n) is 4.35. The van der Waals surface area contributed by atoms with Crippen molar-refractivity contribution in [2.24, 2.45) is 0 Å². The van der Waals surface area contributed by atoms with E-state index in [4.69, 9.17) is 5.73 Å². The normalized spacial score (nSPS) is 14.7. The topological polar surface area (TPSA) is 60.9 Å². The van der Waals surface area contributed by atoms with Crippen LogP contribution >= 0.6 is 11.8 Å². The highest BCUT2D eigenvalue weighted by Gasteiger charge is 2.25. The predicted octanol–water partition coefficient (Wildman–Crippen LogP) is 2.31. The molecule has 1 aliphatic carbocycles. The molecule has 3 rings (SSSR count). The first-order valence-corrected chi connectivity index (χ1v) is 6.66. The fourth-order valence-corrected chi connectivity index (χ4v) is 2.57. The van der Waals surface area contributed by atoms with E-state index in [9.17, 15) is 4.79 Å². The van der Waals surface area contributed by atoms with Crippen molar-refractivity contribution in [3.63, 3.8) is 0 Å². The highest BCUT2D eigenvalue weighted by molar-refractivity contribution is 7.99. The number of rotatable bonds is 3. The van der Waals surface area contributed by atoms with Crippen LogP contribution in [0.3, 0.4) is 0 Å². The summed E-state index contributed by atoms with van der Waals surface area (Å²) in [5.74, 6) is 0. The van der Waals surface area contributed by atoms with Crippen LogP contribution in [0.15, 0.2) is 51.4 Å². The molecule has 0 bridgehead atoms. The van der Waals surface area contributed by atoms with Gasteiger partial charge in [0.1, 0.15) is 0 Å². The molecule has 1 fully saturated rings. The van der Waals surface area contributed by atoms with Gasteiger partial charge in [-0.1, -0.05) is 11.8 Å². The number of nitrogens with zero attached hydrogens (tertiary/aromatic N) is 2. The van der Waals surface area contributed by atoms with E-state index in [1.807, 2.05) is 24.3 Å². The molecule has 1 aliphatic rings. The zero-order valence-electron chi connectivity index (χ0n) is 9.74. The maximum Gasteiger partial charge on any atom is 0.283 e. The number of nitrogen functional groups attached to an aromatic ring is 1. The van der Waals surface area contributed by atoms with Crippen LogP contribution in [-0.2, 0) is 0 Å². The third-order valence-corrected chi connectivity index (χ3v) is 3.85. The van der Waals surface area contributed by atoms with E-state index >= 15 is 0 Å². The first-order valence-electron chi connectivity index (χ1n) is 5.84. The van der Waals surface area contributed by atoms with Gasteiger partial charge in [0, 0.05) is 29.0 Å². The average molecular weight is 259 g/mol. The monoisotopic (exact) mass is 259 g/mol. The van der Waals surface area contributed by atoms with Crippen molar-refractivity contribution in [1.29, 1.82) is 0 Å². The van der Waals surface area contributed by atoms with Crippen molar-refractivity contribution in [3.05, 3.63) is 47.0 Å². The predicted molar refractivity (Wildman–Crippen MR) is 71.7 cm³/mol. The van der Waals surface area contributed by atoms with Crippen molar-refractivity contribution in [1.82, 2.24) is 9.55 Å². The second kappa shape index (κ2) is 4.49. The molecule has 0 saturated heterocycles. The van der Waals surface area contributed by atoms with E-state index in [2.05, 4.69) is 4.98 Å². The lowest BCUT2D eigenvalue weighted by molar-refractivity contribution is 0.675. The molecule has 1 heterocycles. The largest absolute Gasteiger partial charge is 0.399 e. The molecular formula is C13H13N3OS. The van der Waals surface area contributed by atoms with Gasteiger partial charge >= 0.3 is 0 Å². The van der Waals surface area contributed by atoms with Crippen LogP contribution in [-0.4, -0.2) is 9.55 Å². The van der Waals surface area contributed by atoms with Crippen molar-refractivity contribution >= 4 is 17.4 Å². The third-order valence-electron chi connectivity index (χ3n) is 2.87. The van der Waals surface area contributed by atoms with Crippen LogP contribution in [0.4, 0.5) is 5.69 Å². The summed E-state index contributed by atoms with van der Waals surface area (Å²) in [7, 11) is 0. The van der Waals surface area contributed by atoms with Crippen LogP contribution in [0.25, 0.3) is 0 Å². The number of nitrogens with two attached hydrogens (primary N) is 1. The first kappa shape index (κ1) is 11.3. The van der Waals surface area contributed by atoms with Gasteiger partial charge in [-0.05, 0) is 37.1 Å². The lowest BCUT2D eigenvalue weighted by atomic mass is 10.3. The van der Waals surface area contributed by atoms with Gasteiger partial charge < -0.3 is 10.3 Å². The van der Waals surface area contributed by atoms with Gasteiger partial charge in [0.25, 0.3) is 5.56 Å². The summed E-state index contributed by atoms with van der Waals surface area (Å²) in [6, 6.07) is 7.83. The Hall–Kier alpha value is -1.75. The second-order valence-corrected chi connectivity index (χ2v) is 5.41. The van der Waals surface area contributed by atoms with Gasteiger partial charge in [0.2, 0.25) is 0 Å². The lowest BCUT2D eigenvalue weighted by Gasteiger charge is -2.05. The average Bonchev–Trinajstić information content (AvgIpc) is 3.19. The molecule has 2 N–H and O–H groups in total. The van der Waals surface area contributed by atoms with Gasteiger partial charge in [-0.15, -0.1) is 0 Å². The van der Waals surface area contributed by atoms with Crippen LogP contribution in [0.2, 0.25) is 0 Å². The SMILES string of the molecule is Nc1ccc(Sc2nccn(C3CC3)c2=O)cc1. The zero-order chi connectivity index (χ0) is 12.5. The number of aromatic nitrogens is 2. The number of anilines is 1. The molecule has 0 atom stereocenters. The molecule has 1 aromatic heterocycles. The quantitative estimate of drug-likeness (QED) is 0.859. The Morgan fingerprint density at radius 3 is 2.67 bits per heavy atom. The lowest BCUT2D eigenvalue weighted by Crippen LogP contribution is -2.20. The molecule has 2 aromatic rings. The summed E-state index contributed by atoms with van der Waals surface area (Å²) in [6.45, 7) is 0. The van der Waals surface area contributed by atoms with E-state index in [1.54, 1.807) is 17.0 Å². The van der Waals surface area contributed by atoms with Gasteiger partial charge in [-0.3, -0.25) is 4.79 Å². The van der Waals surface area contributed by atoms with Gasteiger partial charge in [-0.2, -0.15) is 0 Å². The minimum absolute atomic E-state index is 0.00169. The smallest absolute Gasteiger partial charge is 0.283 e. The molecule has 5 heteroatoms. The van der Waals surface area contributed by atoms with Crippen molar-refractivity contribution in [3.8, 4) is 0 Å². The fourth-order valence-electron chi connectivity index (χ4n) is 1.76. The molecule has 1 saturated carbocycles. The molecule has 0 aliphatic heterocycles. The molecule has 0 amide bonds. The van der Waals surface area contributed by atoms with Crippen molar-refractivity contribution < 1.29 is 0 Å². The Morgan fingerprint density at radius 2 is 2.00 bits per heavy atom. The molecule has 0 spiro atoms. The van der Waals surface area contributed by atoms with Crippen LogP contribution in [0, 0.1) is 0 Å². The van der Waals surface area contributed by atoms with Crippen LogP contribution < -0.4 is 11.3 Å². The van der Waals surface area contributed by atoms with E-state index in [0.717, 1.165) is 23.4 Å². The minimum atomic E-state index is 0.00169. The van der Waals surface area contributed by atoms with Crippen molar-refractivity contribution in [2.45, 2.75) is 28.8 Å². The number of hydrogen-bond donors (Lipinski definition) is 1. The summed E-state index contributed by atoms with van der Waals surface area (Å²) in [4.78, 5) is 17.3. The number of hydrogen-bond acceptors (Lipinski definition) is 4. The summed E-state index contributed by atoms with van der Waals surface area (Å²) < 4.78 is 1.78. The van der Waals surface area contributed by atoms with E-state index in [1.165, 1.54) is 11.8 Å². The Bertz CT molecular complexity index is 617. The van der Waals surface area contributed by atoms with E-state index in [-0.39, 0.29) is 5.56 Å². The molecule has 0 unspecified atom stereocenters. The molecule has 4 nitrogen and oxygen atoms in total. The maximum atomic E-state index is 12.2. The summed E-state index contributed by atoms with van der Waals surface area (Å²) in [5, 5.41) is 0.522. The molecule has 1 aromatic carbocycles. The Kier molecular flexibility index (Phi) is 2.83. The Morgan fingerprint density at radius 1 is 1.28 bits per heavy atom. The molecule has 0 radical (unpaired) electrons. The van der Waals surface area contributed by atoms with Crippen LogP contribution in [0.1, 0.15) is 18.9 Å². The highest BCUT2D eigenvalue weighted by Crippen LogP contribution is 2.33. The molecule has 92 valence electrons. The molecule has 18 heavy (non-hydrogen) atoms. The van der Waals surface area contributed by atoms with Crippen molar-refractivity contribution in [2.75, 3.05) is 5.73 Å². The van der Waals surface area contributed by atoms with Gasteiger partial charge in [0.05, 0.1) is 0 Å². The van der Waals surface area contributed by atoms with Crippen LogP contribution in [0.5, 0.6) is 0 Å². The standard InChI is InChI=1S/C13H13N3OS/c14-9-1-5-11(6-2-9)18-12-13(17)16(8-7-15-12)10-3-4-10/h1-2,5-8,10H,3-4,14H2. The summed E-state index contributed by atoms with van der Waals surface area (Å²) >= 11 is 1.38. The minimum Gasteiger partial charge on any atom is -0.399 e. The summed E-state index contributed by atoms with van der Waals surface area (Å²) in [5.41, 5.74) is 6.35. The van der Waals surface area contributed by atoms with E-state index < -0.39 is 0 Å². The number of benzene rings is 1. The Labute approximate surface area is 109 Å². The first-order chi connectivity index (χ1) is 8.74. The maximum absolute atomic E-state index is 12.2. The van der Waals surface area contributed by atoms with E-state index in [0.29, 0.717) is 11.1 Å². The highest BCUT2D eigenvalue weighted by atomic mass is 32.2. The third kappa shape index (κ3) is 2.26.